The number of halogens is 2. The number of hydrogen-bond donors (Lipinski definition) is 1. The normalized spacial score (nSPS) is 20.7. The Labute approximate surface area is 299 Å². The quantitative estimate of drug-likeness (QED) is 0.261. The van der Waals surface area contributed by atoms with Gasteiger partial charge in [0.05, 0.1) is 30.1 Å². The average molecular weight is 700 g/mol. The molecule has 2 aromatic heterocycles. The molecule has 0 saturated carbocycles. The number of carbonyl (C=O) groups excluding carboxylic acids is 1. The number of carbonyl (C=O) groups is 1. The van der Waals surface area contributed by atoms with Crippen molar-refractivity contribution in [1.82, 2.24) is 30.0 Å². The minimum atomic E-state index is -0.219. The summed E-state index contributed by atoms with van der Waals surface area (Å²) in [5.41, 5.74) is 10.3. The first-order chi connectivity index (χ1) is 24.0. The maximum Gasteiger partial charge on any atom is 0.409 e. The van der Waals surface area contributed by atoms with Gasteiger partial charge in [0.15, 0.2) is 0 Å². The standard InChI is InChI=1S/C21H24ClN3O2.C18H20ClN3/c1-2-27-21(26)25-12-10-24(11-13-25)20-18-8-7-17(22)14-16(18)6-5-15-4-3-9-23-19(15)20;19-15-5-6-16-14(12-15)4-3-13-2-1-7-21-17(13)18(16)22-10-8-20-9-11-22/h3-4,7-9,14,20H,2,5-6,10-13H2,1H3;1-2,5-7,12,18,20H,3-4,8-11H2/t20-;18-/m11/s1. The molecule has 49 heavy (non-hydrogen) atoms. The highest BCUT2D eigenvalue weighted by atomic mass is 35.5. The first-order valence-corrected chi connectivity index (χ1v) is 18.3. The number of aryl methyl sites for hydroxylation is 4. The number of amides is 1. The van der Waals surface area contributed by atoms with Gasteiger partial charge >= 0.3 is 6.09 Å². The number of nitrogens with zero attached hydrogens (tertiary/aromatic N) is 5. The van der Waals surface area contributed by atoms with E-state index < -0.39 is 0 Å². The second kappa shape index (κ2) is 15.6. The van der Waals surface area contributed by atoms with E-state index in [9.17, 15) is 4.79 Å². The van der Waals surface area contributed by atoms with Crippen molar-refractivity contribution in [2.45, 2.75) is 44.7 Å². The molecular formula is C39H44Cl2N6O2. The van der Waals surface area contributed by atoms with Crippen LogP contribution in [0.3, 0.4) is 0 Å². The SMILES string of the molecule is CCOC(=O)N1CCN([C@@H]2c3ccc(Cl)cc3CCc3cccnc32)CC1.Clc1ccc2c(c1)CCc1cccnc1[C@@H]2N1CCNCC1. The third-order valence-electron chi connectivity index (χ3n) is 10.2. The van der Waals surface area contributed by atoms with E-state index in [0.717, 1.165) is 80.7 Å². The molecule has 8 nitrogen and oxygen atoms in total. The zero-order valence-corrected chi connectivity index (χ0v) is 29.6. The lowest BCUT2D eigenvalue weighted by Gasteiger charge is -2.39. The Morgan fingerprint density at radius 3 is 1.71 bits per heavy atom. The van der Waals surface area contributed by atoms with Crippen LogP contribution in [-0.2, 0) is 30.4 Å². The molecule has 0 unspecified atom stereocenters. The molecule has 2 saturated heterocycles. The molecule has 4 heterocycles. The number of rotatable bonds is 3. The van der Waals surface area contributed by atoms with Crippen LogP contribution in [0.1, 0.15) is 63.8 Å². The number of ether oxygens (including phenoxy) is 1. The maximum atomic E-state index is 12.0. The van der Waals surface area contributed by atoms with Crippen molar-refractivity contribution >= 4 is 29.3 Å². The topological polar surface area (TPSA) is 73.8 Å². The van der Waals surface area contributed by atoms with E-state index >= 15 is 0 Å². The first kappa shape index (κ1) is 33.9. The second-order valence-corrected chi connectivity index (χ2v) is 14.0. The number of piperazine rings is 2. The fourth-order valence-corrected chi connectivity index (χ4v) is 8.21. The summed E-state index contributed by atoms with van der Waals surface area (Å²) in [5.74, 6) is 0. The fourth-order valence-electron chi connectivity index (χ4n) is 7.82. The van der Waals surface area contributed by atoms with Gasteiger partial charge in [-0.15, -0.1) is 0 Å². The van der Waals surface area contributed by atoms with Crippen molar-refractivity contribution in [1.29, 1.82) is 0 Å². The Morgan fingerprint density at radius 1 is 0.714 bits per heavy atom. The third kappa shape index (κ3) is 7.49. The molecular weight excluding hydrogens is 655 g/mol. The van der Waals surface area contributed by atoms with Gasteiger partial charge < -0.3 is 15.0 Å². The van der Waals surface area contributed by atoms with Gasteiger partial charge in [-0.05, 0) is 102 Å². The summed E-state index contributed by atoms with van der Waals surface area (Å²) in [7, 11) is 0. The largest absolute Gasteiger partial charge is 0.450 e. The zero-order valence-electron chi connectivity index (χ0n) is 28.1. The number of benzene rings is 2. The van der Waals surface area contributed by atoms with Crippen LogP contribution in [0.5, 0.6) is 0 Å². The molecule has 2 fully saturated rings. The van der Waals surface area contributed by atoms with E-state index in [1.165, 1.54) is 39.1 Å². The van der Waals surface area contributed by atoms with Crippen LogP contribution in [0.15, 0.2) is 73.1 Å². The molecule has 1 N–H and O–H groups in total. The Morgan fingerprint density at radius 2 is 1.20 bits per heavy atom. The summed E-state index contributed by atoms with van der Waals surface area (Å²) < 4.78 is 5.15. The number of hydrogen-bond acceptors (Lipinski definition) is 7. The smallest absolute Gasteiger partial charge is 0.409 e. The van der Waals surface area contributed by atoms with Gasteiger partial charge in [0.1, 0.15) is 0 Å². The van der Waals surface area contributed by atoms with Crippen molar-refractivity contribution in [3.05, 3.63) is 128 Å². The van der Waals surface area contributed by atoms with E-state index in [2.05, 4.69) is 57.6 Å². The number of aromatic nitrogens is 2. The average Bonchev–Trinajstić information content (AvgIpc) is 3.40. The van der Waals surface area contributed by atoms with Crippen LogP contribution < -0.4 is 5.32 Å². The summed E-state index contributed by atoms with van der Waals surface area (Å²) in [6, 6.07) is 21.4. The number of fused-ring (bicyclic) bond motifs is 4. The summed E-state index contributed by atoms with van der Waals surface area (Å²) in [4.78, 5) is 28.3. The van der Waals surface area contributed by atoms with Gasteiger partial charge in [0, 0.05) is 74.8 Å². The summed E-state index contributed by atoms with van der Waals surface area (Å²) in [6.45, 7) is 9.37. The van der Waals surface area contributed by atoms with Crippen molar-refractivity contribution < 1.29 is 9.53 Å². The van der Waals surface area contributed by atoms with Gasteiger partial charge in [0.25, 0.3) is 0 Å². The summed E-state index contributed by atoms with van der Waals surface area (Å²) in [6.07, 6.45) is 7.60. The van der Waals surface area contributed by atoms with E-state index in [1.54, 1.807) is 4.90 Å². The molecule has 2 aliphatic carbocycles. The Bertz CT molecular complexity index is 1770. The Hall–Kier alpha value is -3.53. The van der Waals surface area contributed by atoms with Crippen molar-refractivity contribution in [3.8, 4) is 0 Å². The van der Waals surface area contributed by atoms with Gasteiger partial charge in [-0.3, -0.25) is 19.8 Å². The van der Waals surface area contributed by atoms with Gasteiger partial charge in [-0.1, -0.05) is 47.5 Å². The molecule has 256 valence electrons. The molecule has 10 heteroatoms. The lowest BCUT2D eigenvalue weighted by atomic mass is 9.96. The molecule has 4 aliphatic rings. The van der Waals surface area contributed by atoms with Gasteiger partial charge in [-0.2, -0.15) is 0 Å². The lowest BCUT2D eigenvalue weighted by Crippen LogP contribution is -2.50. The fraction of sp³-hybridized carbons (Fsp3) is 0.410. The van der Waals surface area contributed by atoms with Gasteiger partial charge in [0.2, 0.25) is 0 Å². The molecule has 0 spiro atoms. The van der Waals surface area contributed by atoms with Crippen LogP contribution in [0.25, 0.3) is 0 Å². The van der Waals surface area contributed by atoms with Crippen LogP contribution in [-0.4, -0.2) is 89.7 Å². The van der Waals surface area contributed by atoms with Gasteiger partial charge in [-0.25, -0.2) is 4.79 Å². The summed E-state index contributed by atoms with van der Waals surface area (Å²) in [5, 5.41) is 5.05. The molecule has 1 amide bonds. The lowest BCUT2D eigenvalue weighted by molar-refractivity contribution is 0.0709. The Kier molecular flexibility index (Phi) is 10.8. The molecule has 2 atom stereocenters. The van der Waals surface area contributed by atoms with E-state index in [1.807, 2.05) is 37.5 Å². The van der Waals surface area contributed by atoms with Crippen LogP contribution in [0, 0.1) is 0 Å². The predicted molar refractivity (Wildman–Crippen MR) is 194 cm³/mol. The first-order valence-electron chi connectivity index (χ1n) is 17.5. The van der Waals surface area contributed by atoms with E-state index in [0.29, 0.717) is 19.7 Å². The monoisotopic (exact) mass is 698 g/mol. The predicted octanol–water partition coefficient (Wildman–Crippen LogP) is 6.53. The third-order valence-corrected chi connectivity index (χ3v) is 10.7. The molecule has 2 aliphatic heterocycles. The van der Waals surface area contributed by atoms with Crippen LogP contribution in [0.2, 0.25) is 10.0 Å². The highest BCUT2D eigenvalue weighted by molar-refractivity contribution is 6.31. The second-order valence-electron chi connectivity index (χ2n) is 13.1. The minimum Gasteiger partial charge on any atom is -0.450 e. The molecule has 2 aromatic carbocycles. The molecule has 0 bridgehead atoms. The number of pyridine rings is 2. The number of nitrogens with one attached hydrogen (secondary N) is 1. The van der Waals surface area contributed by atoms with Crippen molar-refractivity contribution in [2.24, 2.45) is 0 Å². The molecule has 8 rings (SSSR count). The van der Waals surface area contributed by atoms with Crippen molar-refractivity contribution in [2.75, 3.05) is 59.0 Å². The maximum absolute atomic E-state index is 12.0. The molecule has 4 aromatic rings. The van der Waals surface area contributed by atoms with Crippen LogP contribution >= 0.6 is 23.2 Å². The molecule has 0 radical (unpaired) electrons. The Balaban J connectivity index is 0.000000157. The highest BCUT2D eigenvalue weighted by Gasteiger charge is 2.34. The van der Waals surface area contributed by atoms with E-state index in [4.69, 9.17) is 37.9 Å². The minimum absolute atomic E-state index is 0.0975. The van der Waals surface area contributed by atoms with Crippen LogP contribution in [0.4, 0.5) is 4.79 Å². The van der Waals surface area contributed by atoms with E-state index in [-0.39, 0.29) is 18.2 Å². The highest BCUT2D eigenvalue weighted by Crippen LogP contribution is 2.38. The zero-order chi connectivity index (χ0) is 33.7. The summed E-state index contributed by atoms with van der Waals surface area (Å²) >= 11 is 12.5. The van der Waals surface area contributed by atoms with Crippen molar-refractivity contribution in [3.63, 3.8) is 0 Å².